The van der Waals surface area contributed by atoms with Gasteiger partial charge in [0.1, 0.15) is 9.52 Å². The molecule has 0 N–H and O–H groups in total. The summed E-state index contributed by atoms with van der Waals surface area (Å²) in [6.07, 6.45) is 0. The molecule has 1 aromatic rings. The van der Waals surface area contributed by atoms with E-state index in [1.807, 2.05) is 22.6 Å². The van der Waals surface area contributed by atoms with E-state index in [-0.39, 0.29) is 11.7 Å². The molecule has 1 aromatic heterocycles. The lowest BCUT2D eigenvalue weighted by molar-refractivity contribution is 0.606. The van der Waals surface area contributed by atoms with Gasteiger partial charge >= 0.3 is 0 Å². The minimum Gasteiger partial charge on any atom is -0.243 e. The highest BCUT2D eigenvalue weighted by Gasteiger charge is 2.01. The summed E-state index contributed by atoms with van der Waals surface area (Å²) in [5.41, 5.74) is 0.313. The van der Waals surface area contributed by atoms with E-state index < -0.39 is 0 Å². The number of rotatable bonds is 1. The van der Waals surface area contributed by atoms with Crippen LogP contribution in [0.2, 0.25) is 0 Å². The molecule has 0 aliphatic rings. The van der Waals surface area contributed by atoms with E-state index in [4.69, 9.17) is 11.6 Å². The molecule has 0 bridgehead atoms. The summed E-state index contributed by atoms with van der Waals surface area (Å²) < 4.78 is 13.4. The number of halogens is 3. The Morgan fingerprint density at radius 1 is 1.60 bits per heavy atom. The van der Waals surface area contributed by atoms with Gasteiger partial charge in [-0.2, -0.15) is 0 Å². The van der Waals surface area contributed by atoms with Crippen LogP contribution in [0.15, 0.2) is 12.1 Å². The zero-order valence-corrected chi connectivity index (χ0v) is 7.86. The van der Waals surface area contributed by atoms with Gasteiger partial charge in [-0.3, -0.25) is 0 Å². The molecule has 0 fully saturated rings. The topological polar surface area (TPSA) is 12.9 Å². The Morgan fingerprint density at radius 3 is 2.80 bits per heavy atom. The predicted molar refractivity (Wildman–Crippen MR) is 46.5 cm³/mol. The average molecular weight is 271 g/mol. The molecule has 0 aliphatic heterocycles. The third-order valence-corrected chi connectivity index (χ3v) is 1.87. The van der Waals surface area contributed by atoms with Gasteiger partial charge in [0.25, 0.3) is 0 Å². The van der Waals surface area contributed by atoms with Crippen molar-refractivity contribution in [3.63, 3.8) is 0 Å². The second-order valence-electron chi connectivity index (χ2n) is 1.70. The minimum atomic E-state index is -0.338. The zero-order valence-electron chi connectivity index (χ0n) is 4.94. The molecule has 0 aromatic carbocycles. The van der Waals surface area contributed by atoms with Crippen LogP contribution in [0.25, 0.3) is 0 Å². The van der Waals surface area contributed by atoms with Crippen molar-refractivity contribution < 1.29 is 4.39 Å². The monoisotopic (exact) mass is 271 g/mol. The van der Waals surface area contributed by atoms with Crippen LogP contribution in [0, 0.1) is 9.52 Å². The second kappa shape index (κ2) is 3.48. The van der Waals surface area contributed by atoms with Crippen molar-refractivity contribution in [3.8, 4) is 0 Å². The van der Waals surface area contributed by atoms with Crippen molar-refractivity contribution in [1.82, 2.24) is 4.98 Å². The number of hydrogen-bond acceptors (Lipinski definition) is 1. The van der Waals surface area contributed by atoms with Crippen LogP contribution in [0.3, 0.4) is 0 Å². The van der Waals surface area contributed by atoms with Gasteiger partial charge in [0.15, 0.2) is 0 Å². The Morgan fingerprint density at radius 2 is 2.30 bits per heavy atom. The maximum Gasteiger partial charge on any atom is 0.146 e. The molecule has 4 heteroatoms. The molecule has 1 heterocycles. The standard InChI is InChI=1S/C6H4ClFIN/c7-3-5-4(8)1-2-6(9)10-5/h1-2H,3H2. The molecule has 0 saturated carbocycles. The first kappa shape index (κ1) is 8.20. The van der Waals surface area contributed by atoms with Crippen LogP contribution in [0.1, 0.15) is 5.69 Å². The van der Waals surface area contributed by atoms with Gasteiger partial charge in [-0.25, -0.2) is 9.37 Å². The Labute approximate surface area is 76.7 Å². The van der Waals surface area contributed by atoms with Crippen LogP contribution in [-0.2, 0) is 5.88 Å². The molecule has 0 atom stereocenters. The smallest absolute Gasteiger partial charge is 0.146 e. The van der Waals surface area contributed by atoms with E-state index in [1.165, 1.54) is 6.07 Å². The van der Waals surface area contributed by atoms with E-state index in [0.717, 1.165) is 3.70 Å². The van der Waals surface area contributed by atoms with Crippen LogP contribution in [0.4, 0.5) is 4.39 Å². The first-order chi connectivity index (χ1) is 4.74. The number of alkyl halides is 1. The van der Waals surface area contributed by atoms with E-state index in [2.05, 4.69) is 4.98 Å². The van der Waals surface area contributed by atoms with Gasteiger partial charge in [-0.05, 0) is 34.7 Å². The van der Waals surface area contributed by atoms with Crippen molar-refractivity contribution in [2.45, 2.75) is 5.88 Å². The first-order valence-corrected chi connectivity index (χ1v) is 4.22. The minimum absolute atomic E-state index is 0.128. The van der Waals surface area contributed by atoms with Gasteiger partial charge in [-0.1, -0.05) is 0 Å². The van der Waals surface area contributed by atoms with Crippen LogP contribution >= 0.6 is 34.2 Å². The Balaban J connectivity index is 3.09. The molecule has 0 unspecified atom stereocenters. The fraction of sp³-hybridized carbons (Fsp3) is 0.167. The summed E-state index contributed by atoms with van der Waals surface area (Å²) in [6, 6.07) is 2.97. The lowest BCUT2D eigenvalue weighted by Crippen LogP contribution is -1.92. The van der Waals surface area contributed by atoms with E-state index in [0.29, 0.717) is 5.69 Å². The van der Waals surface area contributed by atoms with Crippen LogP contribution < -0.4 is 0 Å². The predicted octanol–water partition coefficient (Wildman–Crippen LogP) is 2.56. The SMILES string of the molecule is Fc1ccc(I)nc1CCl. The highest BCUT2D eigenvalue weighted by atomic mass is 127. The molecule has 0 radical (unpaired) electrons. The summed E-state index contributed by atoms with van der Waals surface area (Å²) in [6.45, 7) is 0. The number of hydrogen-bond donors (Lipinski definition) is 0. The van der Waals surface area contributed by atoms with Crippen molar-refractivity contribution in [3.05, 3.63) is 27.3 Å². The Kier molecular flexibility index (Phi) is 2.85. The molecule has 0 saturated heterocycles. The van der Waals surface area contributed by atoms with Crippen molar-refractivity contribution >= 4 is 34.2 Å². The fourth-order valence-electron chi connectivity index (χ4n) is 0.551. The first-order valence-electron chi connectivity index (χ1n) is 2.61. The van der Waals surface area contributed by atoms with Gasteiger partial charge in [0, 0.05) is 0 Å². The van der Waals surface area contributed by atoms with Crippen LogP contribution in [-0.4, -0.2) is 4.98 Å². The largest absolute Gasteiger partial charge is 0.243 e. The maximum atomic E-state index is 12.6. The van der Waals surface area contributed by atoms with Gasteiger partial charge in [0.05, 0.1) is 11.6 Å². The molecule has 1 rings (SSSR count). The average Bonchev–Trinajstić information content (AvgIpc) is 1.94. The third kappa shape index (κ3) is 1.79. The lowest BCUT2D eigenvalue weighted by atomic mass is 10.4. The van der Waals surface area contributed by atoms with E-state index in [9.17, 15) is 4.39 Å². The highest BCUT2D eigenvalue weighted by Crippen LogP contribution is 2.09. The lowest BCUT2D eigenvalue weighted by Gasteiger charge is -1.96. The van der Waals surface area contributed by atoms with Gasteiger partial charge < -0.3 is 0 Å². The summed E-state index contributed by atoms with van der Waals surface area (Å²) in [7, 11) is 0. The zero-order chi connectivity index (χ0) is 7.56. The molecule has 1 nitrogen and oxygen atoms in total. The van der Waals surface area contributed by atoms with Crippen molar-refractivity contribution in [2.75, 3.05) is 0 Å². The van der Waals surface area contributed by atoms with Crippen LogP contribution in [0.5, 0.6) is 0 Å². The van der Waals surface area contributed by atoms with Gasteiger partial charge in [-0.15, -0.1) is 11.6 Å². The molecule has 0 amide bonds. The quantitative estimate of drug-likeness (QED) is 0.435. The number of pyridine rings is 1. The summed E-state index contributed by atoms with van der Waals surface area (Å²) in [4.78, 5) is 3.87. The molecular formula is C6H4ClFIN. The highest BCUT2D eigenvalue weighted by molar-refractivity contribution is 14.1. The number of nitrogens with zero attached hydrogens (tertiary/aromatic N) is 1. The summed E-state index contributed by atoms with van der Waals surface area (Å²) in [5.74, 6) is -0.210. The third-order valence-electron chi connectivity index (χ3n) is 1.01. The maximum absolute atomic E-state index is 12.6. The molecular weight excluding hydrogens is 267 g/mol. The van der Waals surface area contributed by atoms with Crippen molar-refractivity contribution in [1.29, 1.82) is 0 Å². The summed E-state index contributed by atoms with van der Waals surface area (Å²) >= 11 is 7.41. The second-order valence-corrected chi connectivity index (χ2v) is 3.07. The fourth-order valence-corrected chi connectivity index (χ4v) is 1.21. The Hall–Kier alpha value is 0.1000. The molecule has 0 aliphatic carbocycles. The van der Waals surface area contributed by atoms with Crippen molar-refractivity contribution in [2.24, 2.45) is 0 Å². The number of aromatic nitrogens is 1. The van der Waals surface area contributed by atoms with E-state index >= 15 is 0 Å². The van der Waals surface area contributed by atoms with Gasteiger partial charge in [0.2, 0.25) is 0 Å². The molecule has 10 heavy (non-hydrogen) atoms. The Bertz CT molecular complexity index is 241. The molecule has 54 valence electrons. The summed E-state index contributed by atoms with van der Waals surface area (Å²) in [5, 5.41) is 0. The van der Waals surface area contributed by atoms with E-state index in [1.54, 1.807) is 6.07 Å². The normalized spacial score (nSPS) is 9.90. The molecule has 0 spiro atoms.